The first-order valence-electron chi connectivity index (χ1n) is 2.41. The minimum atomic E-state index is -0.111. The fourth-order valence-corrected chi connectivity index (χ4v) is 0.662. The third kappa shape index (κ3) is 0.962. The minimum absolute atomic E-state index is 0.111. The summed E-state index contributed by atoms with van der Waals surface area (Å²) in [5.74, 6) is 0. The van der Waals surface area contributed by atoms with Crippen molar-refractivity contribution in [2.45, 2.75) is 19.1 Å². The molecule has 1 N–H and O–H groups in total. The van der Waals surface area contributed by atoms with Crippen LogP contribution >= 0.6 is 0 Å². The van der Waals surface area contributed by atoms with Gasteiger partial charge in [-0.1, -0.05) is 0 Å². The van der Waals surface area contributed by atoms with Crippen molar-refractivity contribution in [2.75, 3.05) is 6.61 Å². The Morgan fingerprint density at radius 1 is 1.71 bits per heavy atom. The van der Waals surface area contributed by atoms with E-state index in [0.717, 1.165) is 19.4 Å². The van der Waals surface area contributed by atoms with Gasteiger partial charge in [-0.2, -0.15) is 5.11 Å². The van der Waals surface area contributed by atoms with E-state index in [9.17, 15) is 0 Å². The SMILES string of the molecule is N=NC1CCCO1. The second-order valence-electron chi connectivity index (χ2n) is 1.60. The third-order valence-corrected chi connectivity index (χ3v) is 1.05. The zero-order valence-corrected chi connectivity index (χ0v) is 4.05. The van der Waals surface area contributed by atoms with Crippen molar-refractivity contribution in [1.82, 2.24) is 0 Å². The van der Waals surface area contributed by atoms with Crippen molar-refractivity contribution in [3.63, 3.8) is 0 Å². The van der Waals surface area contributed by atoms with E-state index in [1.807, 2.05) is 0 Å². The van der Waals surface area contributed by atoms with Gasteiger partial charge in [-0.25, -0.2) is 5.53 Å². The van der Waals surface area contributed by atoms with Gasteiger partial charge in [-0.3, -0.25) is 0 Å². The molecule has 0 radical (unpaired) electrons. The smallest absolute Gasteiger partial charge is 0.168 e. The Morgan fingerprint density at radius 3 is 2.86 bits per heavy atom. The van der Waals surface area contributed by atoms with Crippen LogP contribution < -0.4 is 0 Å². The lowest BCUT2D eigenvalue weighted by Crippen LogP contribution is -1.96. The molecule has 1 fully saturated rings. The van der Waals surface area contributed by atoms with Gasteiger partial charge in [0, 0.05) is 6.61 Å². The number of rotatable bonds is 1. The molecule has 0 aromatic carbocycles. The summed E-state index contributed by atoms with van der Waals surface area (Å²) in [7, 11) is 0. The summed E-state index contributed by atoms with van der Waals surface area (Å²) < 4.78 is 4.95. The summed E-state index contributed by atoms with van der Waals surface area (Å²) in [6.07, 6.45) is 1.89. The highest BCUT2D eigenvalue weighted by Crippen LogP contribution is 2.11. The Kier molecular flexibility index (Phi) is 1.36. The van der Waals surface area contributed by atoms with Gasteiger partial charge in [0.1, 0.15) is 0 Å². The summed E-state index contributed by atoms with van der Waals surface area (Å²) in [5.41, 5.74) is 6.50. The van der Waals surface area contributed by atoms with Crippen LogP contribution in [0.3, 0.4) is 0 Å². The van der Waals surface area contributed by atoms with Crippen LogP contribution in [0.1, 0.15) is 12.8 Å². The largest absolute Gasteiger partial charge is 0.355 e. The zero-order chi connectivity index (χ0) is 5.11. The highest BCUT2D eigenvalue weighted by Gasteiger charge is 2.12. The van der Waals surface area contributed by atoms with Crippen molar-refractivity contribution in [3.8, 4) is 0 Å². The van der Waals surface area contributed by atoms with Crippen LogP contribution in [-0.4, -0.2) is 12.8 Å². The summed E-state index contributed by atoms with van der Waals surface area (Å²) >= 11 is 0. The van der Waals surface area contributed by atoms with Crippen LogP contribution in [0.4, 0.5) is 0 Å². The molecule has 1 saturated heterocycles. The molecule has 1 aliphatic rings. The molecule has 1 heterocycles. The first-order chi connectivity index (χ1) is 3.43. The standard InChI is InChI=1S/C4H8N2O/c5-6-4-2-1-3-7-4/h4-5H,1-3H2. The summed E-state index contributed by atoms with van der Waals surface area (Å²) in [6, 6.07) is 0. The number of hydrogen-bond acceptors (Lipinski definition) is 3. The Labute approximate surface area is 42.2 Å². The van der Waals surface area contributed by atoms with Crippen LogP contribution in [0, 0.1) is 5.53 Å². The average molecular weight is 100 g/mol. The molecule has 3 nitrogen and oxygen atoms in total. The maximum atomic E-state index is 6.50. The quantitative estimate of drug-likeness (QED) is 0.493. The van der Waals surface area contributed by atoms with Crippen molar-refractivity contribution < 1.29 is 4.74 Å². The molecule has 7 heavy (non-hydrogen) atoms. The first-order valence-corrected chi connectivity index (χ1v) is 2.41. The van der Waals surface area contributed by atoms with E-state index < -0.39 is 0 Å². The van der Waals surface area contributed by atoms with Gasteiger partial charge in [0.15, 0.2) is 6.23 Å². The van der Waals surface area contributed by atoms with Gasteiger partial charge < -0.3 is 4.74 Å². The maximum absolute atomic E-state index is 6.50. The van der Waals surface area contributed by atoms with Crippen LogP contribution in [-0.2, 0) is 4.74 Å². The molecule has 0 aromatic heterocycles. The number of hydrogen-bond donors (Lipinski definition) is 1. The predicted molar refractivity (Wildman–Crippen MR) is 24.1 cm³/mol. The number of nitrogens with one attached hydrogen (secondary N) is 1. The molecule has 0 amide bonds. The summed E-state index contributed by atoms with van der Waals surface area (Å²) in [4.78, 5) is 0. The molecule has 0 saturated carbocycles. The number of ether oxygens (including phenoxy) is 1. The molecule has 0 aliphatic carbocycles. The van der Waals surface area contributed by atoms with Crippen LogP contribution in [0.5, 0.6) is 0 Å². The molecule has 1 rings (SSSR count). The highest BCUT2D eigenvalue weighted by atomic mass is 16.5. The van der Waals surface area contributed by atoms with Crippen LogP contribution in [0.15, 0.2) is 5.11 Å². The Balaban J connectivity index is 2.26. The zero-order valence-electron chi connectivity index (χ0n) is 4.05. The average Bonchev–Trinajstić information content (AvgIpc) is 2.14. The van der Waals surface area contributed by atoms with Gasteiger partial charge in [0.25, 0.3) is 0 Å². The Morgan fingerprint density at radius 2 is 2.57 bits per heavy atom. The van der Waals surface area contributed by atoms with E-state index in [-0.39, 0.29) is 6.23 Å². The van der Waals surface area contributed by atoms with E-state index in [2.05, 4.69) is 5.11 Å². The van der Waals surface area contributed by atoms with Gasteiger partial charge in [-0.15, -0.1) is 0 Å². The van der Waals surface area contributed by atoms with E-state index in [0.29, 0.717) is 0 Å². The Hall–Kier alpha value is -0.440. The second kappa shape index (κ2) is 2.02. The third-order valence-electron chi connectivity index (χ3n) is 1.05. The fraction of sp³-hybridized carbons (Fsp3) is 1.00. The molecule has 1 atom stereocenters. The summed E-state index contributed by atoms with van der Waals surface area (Å²) in [6.45, 7) is 0.785. The van der Waals surface area contributed by atoms with Crippen molar-refractivity contribution in [3.05, 3.63) is 0 Å². The summed E-state index contributed by atoms with van der Waals surface area (Å²) in [5, 5.41) is 3.22. The minimum Gasteiger partial charge on any atom is -0.355 e. The second-order valence-corrected chi connectivity index (χ2v) is 1.60. The first kappa shape index (κ1) is 4.71. The monoisotopic (exact) mass is 100 g/mol. The lowest BCUT2D eigenvalue weighted by Gasteiger charge is -1.94. The molecule has 3 heteroatoms. The Bertz CT molecular complexity index is 68.1. The van der Waals surface area contributed by atoms with E-state index in [1.54, 1.807) is 0 Å². The van der Waals surface area contributed by atoms with Gasteiger partial charge >= 0.3 is 0 Å². The predicted octanol–water partition coefficient (Wildman–Crippen LogP) is 1.15. The molecule has 0 spiro atoms. The van der Waals surface area contributed by atoms with E-state index in [4.69, 9.17) is 10.3 Å². The van der Waals surface area contributed by atoms with Crippen LogP contribution in [0.2, 0.25) is 0 Å². The van der Waals surface area contributed by atoms with Gasteiger partial charge in [0.2, 0.25) is 0 Å². The number of nitrogens with zero attached hydrogens (tertiary/aromatic N) is 1. The molecular weight excluding hydrogens is 92.1 g/mol. The lowest BCUT2D eigenvalue weighted by atomic mass is 10.3. The van der Waals surface area contributed by atoms with E-state index in [1.165, 1.54) is 0 Å². The maximum Gasteiger partial charge on any atom is 0.168 e. The van der Waals surface area contributed by atoms with Crippen LogP contribution in [0.25, 0.3) is 0 Å². The topological polar surface area (TPSA) is 45.4 Å². The van der Waals surface area contributed by atoms with E-state index >= 15 is 0 Å². The molecular formula is C4H8N2O. The molecule has 0 bridgehead atoms. The highest BCUT2D eigenvalue weighted by molar-refractivity contribution is 4.57. The molecule has 0 aromatic rings. The molecule has 1 unspecified atom stereocenters. The molecule has 40 valence electrons. The lowest BCUT2D eigenvalue weighted by molar-refractivity contribution is 0.110. The molecule has 1 aliphatic heterocycles. The van der Waals surface area contributed by atoms with Gasteiger partial charge in [-0.05, 0) is 12.8 Å². The normalized spacial score (nSPS) is 30.6. The van der Waals surface area contributed by atoms with Crippen molar-refractivity contribution in [1.29, 1.82) is 5.53 Å². The fourth-order valence-electron chi connectivity index (χ4n) is 0.662. The van der Waals surface area contributed by atoms with Gasteiger partial charge in [0.05, 0.1) is 0 Å². The van der Waals surface area contributed by atoms with Crippen molar-refractivity contribution in [2.24, 2.45) is 5.11 Å². The van der Waals surface area contributed by atoms with Crippen molar-refractivity contribution >= 4 is 0 Å².